The Bertz CT molecular complexity index is 341. The van der Waals surface area contributed by atoms with Gasteiger partial charge in [-0.3, -0.25) is 0 Å². The molecule has 0 saturated heterocycles. The van der Waals surface area contributed by atoms with Gasteiger partial charge in [0.2, 0.25) is 0 Å². The number of hydrogen-bond donors (Lipinski definition) is 1. The number of unbranched alkanes of at least 4 members (excludes halogenated alkanes) is 2. The molecule has 1 aromatic heterocycles. The van der Waals surface area contributed by atoms with Gasteiger partial charge in [-0.05, 0) is 19.3 Å². The highest BCUT2D eigenvalue weighted by Crippen LogP contribution is 2.27. The summed E-state index contributed by atoms with van der Waals surface area (Å²) < 4.78 is 0. The highest BCUT2D eigenvalue weighted by molar-refractivity contribution is 7.15. The summed E-state index contributed by atoms with van der Waals surface area (Å²) in [5, 5.41) is 1.19. The first-order valence-corrected chi connectivity index (χ1v) is 8.51. The molecule has 0 radical (unpaired) electrons. The van der Waals surface area contributed by atoms with Crippen LogP contribution in [-0.4, -0.2) is 18.1 Å². The van der Waals surface area contributed by atoms with E-state index in [1.165, 1.54) is 41.4 Å². The van der Waals surface area contributed by atoms with E-state index >= 15 is 0 Å². The number of aryl methyl sites for hydroxylation is 1. The maximum absolute atomic E-state index is 5.85. The molecule has 1 heterocycles. The zero-order chi connectivity index (χ0) is 14.1. The smallest absolute Gasteiger partial charge is 0.185 e. The molecule has 19 heavy (non-hydrogen) atoms. The zero-order valence-corrected chi connectivity index (χ0v) is 13.6. The fourth-order valence-electron chi connectivity index (χ4n) is 2.10. The predicted octanol–water partition coefficient (Wildman–Crippen LogP) is 3.96. The molecule has 0 amide bonds. The average molecular weight is 283 g/mol. The minimum atomic E-state index is 0.627. The highest BCUT2D eigenvalue weighted by Gasteiger charge is 2.14. The maximum Gasteiger partial charge on any atom is 0.185 e. The lowest BCUT2D eigenvalue weighted by molar-refractivity contribution is 0.675. The molecule has 0 aliphatic rings. The number of aromatic nitrogens is 1. The Morgan fingerprint density at radius 1 is 1.05 bits per heavy atom. The summed E-state index contributed by atoms with van der Waals surface area (Å²) in [6.07, 6.45) is 7.15. The first-order valence-electron chi connectivity index (χ1n) is 7.70. The van der Waals surface area contributed by atoms with Crippen molar-refractivity contribution in [2.24, 2.45) is 5.73 Å². The Morgan fingerprint density at radius 2 is 1.68 bits per heavy atom. The van der Waals surface area contributed by atoms with Crippen LogP contribution in [-0.2, 0) is 13.0 Å². The van der Waals surface area contributed by atoms with Crippen molar-refractivity contribution in [3.8, 4) is 0 Å². The van der Waals surface area contributed by atoms with Crippen molar-refractivity contribution in [3.63, 3.8) is 0 Å². The van der Waals surface area contributed by atoms with Crippen molar-refractivity contribution < 1.29 is 0 Å². The van der Waals surface area contributed by atoms with Gasteiger partial charge in [0.05, 0.1) is 5.69 Å². The van der Waals surface area contributed by atoms with Crippen LogP contribution >= 0.6 is 11.3 Å². The summed E-state index contributed by atoms with van der Waals surface area (Å²) in [6.45, 7) is 9.56. The van der Waals surface area contributed by atoms with E-state index in [1.807, 2.05) is 0 Å². The molecule has 0 unspecified atom stereocenters. The molecule has 1 rings (SSSR count). The third kappa shape index (κ3) is 5.11. The van der Waals surface area contributed by atoms with E-state index in [0.717, 1.165) is 25.9 Å². The molecule has 4 heteroatoms. The summed E-state index contributed by atoms with van der Waals surface area (Å²) in [4.78, 5) is 8.57. The molecule has 2 N–H and O–H groups in total. The molecule has 0 atom stereocenters. The van der Waals surface area contributed by atoms with Gasteiger partial charge in [0.25, 0.3) is 0 Å². The molecule has 0 aromatic carbocycles. The van der Waals surface area contributed by atoms with Crippen molar-refractivity contribution >= 4 is 16.5 Å². The van der Waals surface area contributed by atoms with Crippen molar-refractivity contribution in [2.45, 2.75) is 65.8 Å². The van der Waals surface area contributed by atoms with Crippen LogP contribution in [0.15, 0.2) is 0 Å². The standard InChI is InChI=1S/C15H29N3S/c1-4-7-10-18(11-8-5-2)15-17-13(9-6-3)14(12-16)19-15/h4-12,16H2,1-3H3. The SMILES string of the molecule is CCCCN(CCCC)c1nc(CCC)c(CN)s1. The summed E-state index contributed by atoms with van der Waals surface area (Å²) in [5.41, 5.74) is 7.07. The van der Waals surface area contributed by atoms with Gasteiger partial charge in [-0.1, -0.05) is 40.0 Å². The third-order valence-electron chi connectivity index (χ3n) is 3.27. The highest BCUT2D eigenvalue weighted by atomic mass is 32.1. The summed E-state index contributed by atoms with van der Waals surface area (Å²) in [7, 11) is 0. The van der Waals surface area contributed by atoms with Gasteiger partial charge < -0.3 is 10.6 Å². The Hall–Kier alpha value is -0.610. The van der Waals surface area contributed by atoms with Gasteiger partial charge in [0, 0.05) is 24.5 Å². The van der Waals surface area contributed by atoms with E-state index in [0.29, 0.717) is 6.54 Å². The van der Waals surface area contributed by atoms with Crippen LogP contribution in [0.4, 0.5) is 5.13 Å². The van der Waals surface area contributed by atoms with Crippen molar-refractivity contribution in [1.82, 2.24) is 4.98 Å². The summed E-state index contributed by atoms with van der Waals surface area (Å²) >= 11 is 1.80. The van der Waals surface area contributed by atoms with Crippen molar-refractivity contribution in [2.75, 3.05) is 18.0 Å². The van der Waals surface area contributed by atoms with Crippen molar-refractivity contribution in [1.29, 1.82) is 0 Å². The molecular formula is C15H29N3S. The topological polar surface area (TPSA) is 42.2 Å². The van der Waals surface area contributed by atoms with Gasteiger partial charge >= 0.3 is 0 Å². The first-order chi connectivity index (χ1) is 9.26. The molecule has 0 aliphatic carbocycles. The number of nitrogens with zero attached hydrogens (tertiary/aromatic N) is 2. The summed E-state index contributed by atoms with van der Waals surface area (Å²) in [5.74, 6) is 0. The van der Waals surface area contributed by atoms with Crippen LogP contribution in [0.5, 0.6) is 0 Å². The van der Waals surface area contributed by atoms with Crippen LogP contribution < -0.4 is 10.6 Å². The fourth-order valence-corrected chi connectivity index (χ4v) is 3.13. The normalized spacial score (nSPS) is 10.9. The van der Waals surface area contributed by atoms with E-state index in [2.05, 4.69) is 25.7 Å². The van der Waals surface area contributed by atoms with Crippen LogP contribution in [0.25, 0.3) is 0 Å². The van der Waals surface area contributed by atoms with E-state index in [9.17, 15) is 0 Å². The minimum absolute atomic E-state index is 0.627. The van der Waals surface area contributed by atoms with Crippen molar-refractivity contribution in [3.05, 3.63) is 10.6 Å². The largest absolute Gasteiger partial charge is 0.348 e. The van der Waals surface area contributed by atoms with Gasteiger partial charge in [-0.2, -0.15) is 0 Å². The van der Waals surface area contributed by atoms with Gasteiger partial charge in [-0.15, -0.1) is 11.3 Å². The molecule has 3 nitrogen and oxygen atoms in total. The molecule has 0 spiro atoms. The molecule has 0 aliphatic heterocycles. The first kappa shape index (κ1) is 16.4. The molecule has 1 aromatic rings. The Labute approximate surface area is 122 Å². The van der Waals surface area contributed by atoms with Gasteiger partial charge in [0.1, 0.15) is 0 Å². The van der Waals surface area contributed by atoms with Crippen LogP contribution in [0.1, 0.15) is 63.4 Å². The molecule has 0 saturated carbocycles. The molecule has 110 valence electrons. The second-order valence-electron chi connectivity index (χ2n) is 5.01. The van der Waals surface area contributed by atoms with Gasteiger partial charge in [0.15, 0.2) is 5.13 Å². The Morgan fingerprint density at radius 3 is 2.16 bits per heavy atom. The van der Waals surface area contributed by atoms with Crippen LogP contribution in [0.3, 0.4) is 0 Å². The third-order valence-corrected chi connectivity index (χ3v) is 4.45. The Balaban J connectivity index is 2.80. The second-order valence-corrected chi connectivity index (χ2v) is 6.08. The zero-order valence-electron chi connectivity index (χ0n) is 12.7. The lowest BCUT2D eigenvalue weighted by atomic mass is 10.2. The molecule has 0 bridgehead atoms. The van der Waals surface area contributed by atoms with Crippen LogP contribution in [0, 0.1) is 0 Å². The second kappa shape index (κ2) is 9.32. The summed E-state index contributed by atoms with van der Waals surface area (Å²) in [6, 6.07) is 0. The quantitative estimate of drug-likeness (QED) is 0.706. The fraction of sp³-hybridized carbons (Fsp3) is 0.800. The molecule has 0 fully saturated rings. The van der Waals surface area contributed by atoms with E-state index in [-0.39, 0.29) is 0 Å². The monoisotopic (exact) mass is 283 g/mol. The van der Waals surface area contributed by atoms with E-state index in [4.69, 9.17) is 10.7 Å². The number of anilines is 1. The minimum Gasteiger partial charge on any atom is -0.348 e. The predicted molar refractivity (Wildman–Crippen MR) is 86.0 cm³/mol. The lowest BCUT2D eigenvalue weighted by Gasteiger charge is -2.21. The number of rotatable bonds is 10. The average Bonchev–Trinajstić information content (AvgIpc) is 2.82. The molecular weight excluding hydrogens is 254 g/mol. The Kier molecular flexibility index (Phi) is 8.07. The van der Waals surface area contributed by atoms with E-state index < -0.39 is 0 Å². The number of hydrogen-bond acceptors (Lipinski definition) is 4. The van der Waals surface area contributed by atoms with Crippen LogP contribution in [0.2, 0.25) is 0 Å². The lowest BCUT2D eigenvalue weighted by Crippen LogP contribution is -2.25. The van der Waals surface area contributed by atoms with E-state index in [1.54, 1.807) is 11.3 Å². The van der Waals surface area contributed by atoms with Gasteiger partial charge in [-0.25, -0.2) is 4.98 Å². The number of thiazole rings is 1. The number of nitrogens with two attached hydrogens (primary N) is 1. The maximum atomic E-state index is 5.85.